The molecule has 0 radical (unpaired) electrons. The van der Waals surface area contributed by atoms with Crippen LogP contribution in [0, 0.1) is 0 Å². The molecule has 0 aromatic carbocycles. The zero-order valence-corrected chi connectivity index (χ0v) is 8.71. The summed E-state index contributed by atoms with van der Waals surface area (Å²) in [6.45, 7) is 4.09. The Balaban J connectivity index is 2.47. The molecule has 1 fully saturated rings. The minimum absolute atomic E-state index is 0.0476. The summed E-state index contributed by atoms with van der Waals surface area (Å²) in [5.74, 6) is 0.326. The van der Waals surface area contributed by atoms with Gasteiger partial charge in [-0.05, 0) is 33.7 Å². The molecule has 0 aromatic heterocycles. The van der Waals surface area contributed by atoms with Gasteiger partial charge in [-0.25, -0.2) is 0 Å². The average molecular weight is 185 g/mol. The molecule has 0 amide bonds. The van der Waals surface area contributed by atoms with Crippen LogP contribution < -0.4 is 0 Å². The van der Waals surface area contributed by atoms with Crippen molar-refractivity contribution in [2.75, 3.05) is 13.6 Å². The maximum absolute atomic E-state index is 11.4. The van der Waals surface area contributed by atoms with Crippen molar-refractivity contribution in [3.05, 3.63) is 0 Å². The predicted octanol–water partition coefficient (Wildman–Crippen LogP) is 0.811. The van der Waals surface area contributed by atoms with E-state index < -0.39 is 5.60 Å². The molecule has 3 nitrogen and oxygen atoms in total. The van der Waals surface area contributed by atoms with Crippen molar-refractivity contribution >= 4 is 5.78 Å². The van der Waals surface area contributed by atoms with Gasteiger partial charge in [0.05, 0.1) is 11.6 Å². The molecular formula is C10H19NO2. The molecule has 1 unspecified atom stereocenters. The highest BCUT2D eigenvalue weighted by Gasteiger charge is 2.30. The summed E-state index contributed by atoms with van der Waals surface area (Å²) < 4.78 is 0. The van der Waals surface area contributed by atoms with Crippen molar-refractivity contribution in [1.29, 1.82) is 0 Å². The SMILES string of the molecule is CN(CC(C)(C)O)C1CCCC1=O. The molecule has 0 bridgehead atoms. The third-order valence-corrected chi connectivity index (χ3v) is 2.44. The normalized spacial score (nSPS) is 24.4. The molecule has 0 saturated heterocycles. The molecule has 1 N–H and O–H groups in total. The van der Waals surface area contributed by atoms with Gasteiger partial charge in [0, 0.05) is 13.0 Å². The largest absolute Gasteiger partial charge is 0.389 e. The van der Waals surface area contributed by atoms with E-state index in [-0.39, 0.29) is 6.04 Å². The minimum atomic E-state index is -0.711. The Morgan fingerprint density at radius 3 is 2.62 bits per heavy atom. The van der Waals surface area contributed by atoms with Gasteiger partial charge in [0.2, 0.25) is 0 Å². The summed E-state index contributed by atoms with van der Waals surface area (Å²) in [4.78, 5) is 13.3. The number of aliphatic hydroxyl groups is 1. The lowest BCUT2D eigenvalue weighted by Gasteiger charge is -2.29. The maximum Gasteiger partial charge on any atom is 0.149 e. The number of rotatable bonds is 3. The molecule has 1 aliphatic rings. The van der Waals surface area contributed by atoms with Gasteiger partial charge in [-0.3, -0.25) is 9.69 Å². The highest BCUT2D eigenvalue weighted by atomic mass is 16.3. The average Bonchev–Trinajstić information content (AvgIpc) is 2.30. The number of likely N-dealkylation sites (N-methyl/N-ethyl adjacent to an activating group) is 1. The van der Waals surface area contributed by atoms with Crippen molar-refractivity contribution in [2.24, 2.45) is 0 Å². The van der Waals surface area contributed by atoms with E-state index in [0.29, 0.717) is 18.7 Å². The summed E-state index contributed by atoms with van der Waals surface area (Å²) in [6, 6.07) is 0.0476. The van der Waals surface area contributed by atoms with E-state index in [1.54, 1.807) is 13.8 Å². The van der Waals surface area contributed by atoms with Gasteiger partial charge in [-0.1, -0.05) is 0 Å². The van der Waals surface area contributed by atoms with Crippen LogP contribution in [0.25, 0.3) is 0 Å². The van der Waals surface area contributed by atoms with Crippen LogP contribution in [0.5, 0.6) is 0 Å². The molecule has 13 heavy (non-hydrogen) atoms. The first-order valence-electron chi connectivity index (χ1n) is 4.85. The van der Waals surface area contributed by atoms with Crippen molar-refractivity contribution in [1.82, 2.24) is 4.90 Å². The van der Waals surface area contributed by atoms with E-state index >= 15 is 0 Å². The van der Waals surface area contributed by atoms with E-state index in [0.717, 1.165) is 12.8 Å². The van der Waals surface area contributed by atoms with Crippen molar-refractivity contribution in [3.63, 3.8) is 0 Å². The molecule has 1 atom stereocenters. The number of ketones is 1. The first kappa shape index (κ1) is 10.7. The fourth-order valence-corrected chi connectivity index (χ4v) is 1.98. The van der Waals surface area contributed by atoms with Crippen LogP contribution in [-0.4, -0.2) is 41.0 Å². The summed E-state index contributed by atoms with van der Waals surface area (Å²) in [7, 11) is 1.91. The van der Waals surface area contributed by atoms with Crippen molar-refractivity contribution in [3.8, 4) is 0 Å². The Kier molecular flexibility index (Phi) is 3.09. The lowest BCUT2D eigenvalue weighted by atomic mass is 10.1. The van der Waals surface area contributed by atoms with Gasteiger partial charge in [-0.2, -0.15) is 0 Å². The topological polar surface area (TPSA) is 40.5 Å². The number of carbonyl (C=O) groups excluding carboxylic acids is 1. The lowest BCUT2D eigenvalue weighted by Crippen LogP contribution is -2.43. The summed E-state index contributed by atoms with van der Waals surface area (Å²) in [6.07, 6.45) is 2.66. The van der Waals surface area contributed by atoms with Crippen molar-refractivity contribution < 1.29 is 9.90 Å². The highest BCUT2D eigenvalue weighted by molar-refractivity contribution is 5.85. The van der Waals surface area contributed by atoms with Gasteiger partial charge < -0.3 is 5.11 Å². The van der Waals surface area contributed by atoms with Gasteiger partial charge in [-0.15, -0.1) is 0 Å². The van der Waals surface area contributed by atoms with E-state index in [9.17, 15) is 9.90 Å². The Morgan fingerprint density at radius 2 is 2.23 bits per heavy atom. The summed E-state index contributed by atoms with van der Waals surface area (Å²) in [5, 5.41) is 9.58. The predicted molar refractivity (Wildman–Crippen MR) is 51.6 cm³/mol. The van der Waals surface area contributed by atoms with Crippen LogP contribution in [0.3, 0.4) is 0 Å². The fourth-order valence-electron chi connectivity index (χ4n) is 1.98. The van der Waals surface area contributed by atoms with E-state index in [1.807, 2.05) is 11.9 Å². The first-order chi connectivity index (χ1) is 5.90. The van der Waals surface area contributed by atoms with Gasteiger partial charge in [0.1, 0.15) is 5.78 Å². The van der Waals surface area contributed by atoms with Crippen LogP contribution in [0.4, 0.5) is 0 Å². The van der Waals surface area contributed by atoms with Crippen LogP contribution >= 0.6 is 0 Å². The fraction of sp³-hybridized carbons (Fsp3) is 0.900. The number of hydrogen-bond acceptors (Lipinski definition) is 3. The molecular weight excluding hydrogens is 166 g/mol. The Bertz CT molecular complexity index is 196. The zero-order chi connectivity index (χ0) is 10.1. The molecule has 3 heteroatoms. The Hall–Kier alpha value is -0.410. The van der Waals surface area contributed by atoms with Crippen molar-refractivity contribution in [2.45, 2.75) is 44.8 Å². The quantitative estimate of drug-likeness (QED) is 0.707. The molecule has 1 saturated carbocycles. The monoisotopic (exact) mass is 185 g/mol. The molecule has 0 aliphatic heterocycles. The van der Waals surface area contributed by atoms with E-state index in [1.165, 1.54) is 0 Å². The van der Waals surface area contributed by atoms with Crippen LogP contribution in [0.2, 0.25) is 0 Å². The first-order valence-corrected chi connectivity index (χ1v) is 4.85. The molecule has 76 valence electrons. The van der Waals surface area contributed by atoms with Gasteiger partial charge in [0.15, 0.2) is 0 Å². The number of hydrogen-bond donors (Lipinski definition) is 1. The number of Topliss-reactive ketones (excluding diaryl/α,β-unsaturated/α-hetero) is 1. The van der Waals surface area contributed by atoms with Gasteiger partial charge in [0.25, 0.3) is 0 Å². The summed E-state index contributed by atoms with van der Waals surface area (Å²) in [5.41, 5.74) is -0.711. The minimum Gasteiger partial charge on any atom is -0.389 e. The molecule has 0 aromatic rings. The highest BCUT2D eigenvalue weighted by Crippen LogP contribution is 2.20. The third kappa shape index (κ3) is 3.08. The molecule has 1 aliphatic carbocycles. The lowest BCUT2D eigenvalue weighted by molar-refractivity contribution is -0.122. The number of nitrogens with zero attached hydrogens (tertiary/aromatic N) is 1. The smallest absolute Gasteiger partial charge is 0.149 e. The second kappa shape index (κ2) is 3.76. The zero-order valence-electron chi connectivity index (χ0n) is 8.71. The standard InChI is InChI=1S/C10H19NO2/c1-10(2,13)7-11(3)8-5-4-6-9(8)12/h8,13H,4-7H2,1-3H3. The maximum atomic E-state index is 11.4. The van der Waals surface area contributed by atoms with Crippen LogP contribution in [0.1, 0.15) is 33.1 Å². The molecule has 0 heterocycles. The van der Waals surface area contributed by atoms with Gasteiger partial charge >= 0.3 is 0 Å². The molecule has 0 spiro atoms. The number of carbonyl (C=O) groups is 1. The molecule has 1 rings (SSSR count). The second-order valence-corrected chi connectivity index (χ2v) is 4.60. The third-order valence-electron chi connectivity index (χ3n) is 2.44. The second-order valence-electron chi connectivity index (χ2n) is 4.60. The van der Waals surface area contributed by atoms with E-state index in [2.05, 4.69) is 0 Å². The summed E-state index contributed by atoms with van der Waals surface area (Å²) >= 11 is 0. The van der Waals surface area contributed by atoms with Crippen LogP contribution in [0.15, 0.2) is 0 Å². The Labute approximate surface area is 79.7 Å². The van der Waals surface area contributed by atoms with Crippen LogP contribution in [-0.2, 0) is 4.79 Å². The van der Waals surface area contributed by atoms with E-state index in [4.69, 9.17) is 0 Å². The Morgan fingerprint density at radius 1 is 1.62 bits per heavy atom.